The van der Waals surface area contributed by atoms with Crippen molar-refractivity contribution in [3.8, 4) is 5.88 Å². The van der Waals surface area contributed by atoms with Crippen LogP contribution in [0.15, 0.2) is 54.7 Å². The number of hydrogen-bond acceptors (Lipinski definition) is 4. The van der Waals surface area contributed by atoms with E-state index in [2.05, 4.69) is 55.8 Å². The van der Waals surface area contributed by atoms with E-state index in [1.54, 1.807) is 0 Å². The predicted molar refractivity (Wildman–Crippen MR) is 159 cm³/mol. The maximum atomic E-state index is 12.7. The molecule has 0 aliphatic carbocycles. The molecule has 2 amide bonds. The Balaban J connectivity index is 1.16. The topological polar surface area (TPSA) is 105 Å². The van der Waals surface area contributed by atoms with E-state index >= 15 is 0 Å². The van der Waals surface area contributed by atoms with Crippen molar-refractivity contribution in [2.75, 3.05) is 26.2 Å². The van der Waals surface area contributed by atoms with Crippen LogP contribution in [0, 0.1) is 5.92 Å². The van der Waals surface area contributed by atoms with E-state index in [1.807, 2.05) is 23.2 Å². The summed E-state index contributed by atoms with van der Waals surface area (Å²) in [6.45, 7) is 3.60. The molecule has 0 bridgehead atoms. The number of nitrogens with zero attached hydrogens (tertiary/aromatic N) is 3. The Kier molecular flexibility index (Phi) is 5.42. The quantitative estimate of drug-likeness (QED) is 0.240. The van der Waals surface area contributed by atoms with Crippen LogP contribution >= 0.6 is 0 Å². The third kappa shape index (κ3) is 3.61. The van der Waals surface area contributed by atoms with E-state index < -0.39 is 6.09 Å². The Bertz CT molecular complexity index is 2010. The molecule has 1 unspecified atom stereocenters. The molecule has 0 radical (unpaired) electrons. The van der Waals surface area contributed by atoms with E-state index in [-0.39, 0.29) is 24.3 Å². The SMILES string of the molecule is O=C(NCCCN1CCCC1=O)OCC1Cn2c3ccccc3c3c4c[nH]c(O)c4c4c5ccccc5n(c4c32)C1. The molecule has 1 saturated heterocycles. The maximum absolute atomic E-state index is 12.7. The highest BCUT2D eigenvalue weighted by Gasteiger charge is 2.30. The van der Waals surface area contributed by atoms with Crippen LogP contribution in [0.2, 0.25) is 0 Å². The van der Waals surface area contributed by atoms with Gasteiger partial charge in [0.15, 0.2) is 5.88 Å². The average Bonchev–Trinajstić information content (AvgIpc) is 3.71. The van der Waals surface area contributed by atoms with Crippen molar-refractivity contribution < 1.29 is 19.4 Å². The summed E-state index contributed by atoms with van der Waals surface area (Å²) in [5.41, 5.74) is 4.47. The summed E-state index contributed by atoms with van der Waals surface area (Å²) in [6.07, 6.45) is 3.74. The molecule has 0 spiro atoms. The first-order chi connectivity index (χ1) is 20.1. The lowest BCUT2D eigenvalue weighted by molar-refractivity contribution is -0.127. The van der Waals surface area contributed by atoms with Gasteiger partial charge in [-0.2, -0.15) is 0 Å². The number of aromatic hydroxyl groups is 1. The molecule has 2 aliphatic rings. The van der Waals surface area contributed by atoms with E-state index in [4.69, 9.17) is 4.74 Å². The molecule has 1 fully saturated rings. The fourth-order valence-electron chi connectivity index (χ4n) is 7.19. The normalized spacial score (nSPS) is 17.1. The first-order valence-electron chi connectivity index (χ1n) is 14.4. The number of alkyl carbamates (subject to hydrolysis) is 1. The monoisotopic (exact) mass is 549 g/mol. The lowest BCUT2D eigenvalue weighted by Gasteiger charge is -2.19. The zero-order valence-corrected chi connectivity index (χ0v) is 22.7. The van der Waals surface area contributed by atoms with Gasteiger partial charge in [0.2, 0.25) is 5.91 Å². The number of nitrogens with one attached hydrogen (secondary N) is 2. The fourth-order valence-corrected chi connectivity index (χ4v) is 7.19. The largest absolute Gasteiger partial charge is 0.494 e. The van der Waals surface area contributed by atoms with Crippen molar-refractivity contribution >= 4 is 66.4 Å². The Labute approximate surface area is 235 Å². The number of aromatic nitrogens is 3. The van der Waals surface area contributed by atoms with Crippen molar-refractivity contribution in [1.82, 2.24) is 24.3 Å². The number of carbonyl (C=O) groups is 2. The summed E-state index contributed by atoms with van der Waals surface area (Å²) < 4.78 is 10.5. The molecule has 0 saturated carbocycles. The molecular formula is C32H31N5O4. The van der Waals surface area contributed by atoms with Crippen LogP contribution in [0.5, 0.6) is 5.88 Å². The number of rotatable bonds is 6. The molecule has 2 aliphatic heterocycles. The van der Waals surface area contributed by atoms with Crippen LogP contribution < -0.4 is 5.32 Å². The second-order valence-electron chi connectivity index (χ2n) is 11.4. The third-order valence-corrected chi connectivity index (χ3v) is 8.92. The van der Waals surface area contributed by atoms with Gasteiger partial charge in [-0.3, -0.25) is 4.79 Å². The van der Waals surface area contributed by atoms with Crippen LogP contribution in [0.25, 0.3) is 54.4 Å². The third-order valence-electron chi connectivity index (χ3n) is 8.92. The minimum atomic E-state index is -0.427. The average molecular weight is 550 g/mol. The molecule has 9 heteroatoms. The zero-order valence-electron chi connectivity index (χ0n) is 22.7. The Morgan fingerprint density at radius 2 is 1.63 bits per heavy atom. The van der Waals surface area contributed by atoms with Gasteiger partial charge in [0, 0.05) is 89.2 Å². The molecule has 5 heterocycles. The Morgan fingerprint density at radius 1 is 0.951 bits per heavy atom. The molecule has 3 aromatic heterocycles. The standard InChI is InChI=1S/C32H31N5O4/c38-25-11-5-13-35(25)14-6-12-33-32(40)41-18-19-16-36-23-9-3-1-7-20(23)26-22-15-34-31(39)28(22)27-21-8-2-4-10-24(21)37(17-19)30(27)29(26)36/h1-4,7-10,15,19,34,39H,5-6,11-14,16-18H2,(H,33,40). The summed E-state index contributed by atoms with van der Waals surface area (Å²) in [4.78, 5) is 29.4. The van der Waals surface area contributed by atoms with Gasteiger partial charge in [0.1, 0.15) is 0 Å². The van der Waals surface area contributed by atoms with Gasteiger partial charge in [-0.05, 0) is 25.0 Å². The van der Waals surface area contributed by atoms with Crippen LogP contribution in [-0.2, 0) is 22.6 Å². The van der Waals surface area contributed by atoms with E-state index in [0.717, 1.165) is 67.3 Å². The van der Waals surface area contributed by atoms with Crippen molar-refractivity contribution in [3.63, 3.8) is 0 Å². The highest BCUT2D eigenvalue weighted by molar-refractivity contribution is 6.36. The Morgan fingerprint density at radius 3 is 2.34 bits per heavy atom. The van der Waals surface area contributed by atoms with Crippen LogP contribution in [0.1, 0.15) is 19.3 Å². The number of para-hydroxylation sites is 2. The molecule has 3 N–H and O–H groups in total. The van der Waals surface area contributed by atoms with Gasteiger partial charge in [-0.15, -0.1) is 0 Å². The zero-order chi connectivity index (χ0) is 27.7. The lowest BCUT2D eigenvalue weighted by Crippen LogP contribution is -2.32. The van der Waals surface area contributed by atoms with Crippen molar-refractivity contribution in [1.29, 1.82) is 0 Å². The highest BCUT2D eigenvalue weighted by Crippen LogP contribution is 2.48. The molecule has 3 aromatic carbocycles. The fraction of sp³-hybridized carbons (Fsp3) is 0.312. The Hall–Kier alpha value is -4.66. The van der Waals surface area contributed by atoms with Gasteiger partial charge >= 0.3 is 6.09 Å². The number of carbonyl (C=O) groups excluding carboxylic acids is 2. The lowest BCUT2D eigenvalue weighted by atomic mass is 10.0. The van der Waals surface area contributed by atoms with Gasteiger partial charge in [0.05, 0.1) is 23.0 Å². The number of likely N-dealkylation sites (tertiary alicyclic amines) is 1. The summed E-state index contributed by atoms with van der Waals surface area (Å²) in [5, 5.41) is 20.1. The minimum absolute atomic E-state index is 0.0305. The number of ether oxygens (including phenoxy) is 1. The second-order valence-corrected chi connectivity index (χ2v) is 11.4. The number of H-pyrrole nitrogens is 1. The minimum Gasteiger partial charge on any atom is -0.494 e. The van der Waals surface area contributed by atoms with Gasteiger partial charge < -0.3 is 34.2 Å². The van der Waals surface area contributed by atoms with Crippen LogP contribution in [-0.4, -0.2) is 62.4 Å². The summed E-state index contributed by atoms with van der Waals surface area (Å²) in [7, 11) is 0. The van der Waals surface area contributed by atoms with Crippen LogP contribution in [0.4, 0.5) is 4.79 Å². The van der Waals surface area contributed by atoms with E-state index in [0.29, 0.717) is 39.0 Å². The molecule has 1 atom stereocenters. The van der Waals surface area contributed by atoms with Gasteiger partial charge in [-0.1, -0.05) is 36.4 Å². The second kappa shape index (κ2) is 9.19. The highest BCUT2D eigenvalue weighted by atomic mass is 16.5. The summed E-state index contributed by atoms with van der Waals surface area (Å²) >= 11 is 0. The first-order valence-corrected chi connectivity index (χ1v) is 14.4. The summed E-state index contributed by atoms with van der Waals surface area (Å²) in [5.74, 6) is 0.409. The predicted octanol–water partition coefficient (Wildman–Crippen LogP) is 5.46. The molecular weight excluding hydrogens is 518 g/mol. The number of benzene rings is 3. The smallest absolute Gasteiger partial charge is 0.407 e. The molecule has 8 rings (SSSR count). The number of aromatic amines is 1. The molecule has 9 nitrogen and oxygen atoms in total. The van der Waals surface area contributed by atoms with Gasteiger partial charge in [-0.25, -0.2) is 4.79 Å². The van der Waals surface area contributed by atoms with E-state index in [9.17, 15) is 14.7 Å². The van der Waals surface area contributed by atoms with Crippen molar-refractivity contribution in [2.45, 2.75) is 32.4 Å². The molecule has 41 heavy (non-hydrogen) atoms. The molecule has 208 valence electrons. The number of hydrogen-bond donors (Lipinski definition) is 3. The molecule has 6 aromatic rings. The number of fused-ring (bicyclic) bond motifs is 9. The number of amides is 2. The van der Waals surface area contributed by atoms with E-state index in [1.165, 1.54) is 0 Å². The maximum Gasteiger partial charge on any atom is 0.407 e. The van der Waals surface area contributed by atoms with Crippen molar-refractivity contribution in [2.24, 2.45) is 5.92 Å². The first kappa shape index (κ1) is 24.2. The van der Waals surface area contributed by atoms with Gasteiger partial charge in [0.25, 0.3) is 0 Å². The van der Waals surface area contributed by atoms with Crippen LogP contribution in [0.3, 0.4) is 0 Å². The van der Waals surface area contributed by atoms with Crippen molar-refractivity contribution in [3.05, 3.63) is 54.7 Å². The summed E-state index contributed by atoms with van der Waals surface area (Å²) in [6, 6.07) is 16.7.